The van der Waals surface area contributed by atoms with Crippen LogP contribution in [0, 0.1) is 0 Å². The van der Waals surface area contributed by atoms with Gasteiger partial charge in [0.1, 0.15) is 0 Å². The first-order valence-electron chi connectivity index (χ1n) is 6.33. The monoisotopic (exact) mass is 238 g/mol. The molecule has 1 saturated heterocycles. The van der Waals surface area contributed by atoms with Crippen LogP contribution in [0.25, 0.3) is 0 Å². The van der Waals surface area contributed by atoms with Gasteiger partial charge in [-0.1, -0.05) is 0 Å². The van der Waals surface area contributed by atoms with Crippen LogP contribution in [0.2, 0.25) is 0 Å². The van der Waals surface area contributed by atoms with Gasteiger partial charge in [0.25, 0.3) is 0 Å². The van der Waals surface area contributed by atoms with Crippen molar-refractivity contribution in [2.75, 3.05) is 32.8 Å². The van der Waals surface area contributed by atoms with Gasteiger partial charge < -0.3 is 15.0 Å². The number of nitrogens with zero attached hydrogens (tertiary/aromatic N) is 3. The van der Waals surface area contributed by atoms with Crippen molar-refractivity contribution in [2.45, 2.75) is 25.9 Å². The molecule has 0 amide bonds. The molecule has 1 atom stereocenters. The summed E-state index contributed by atoms with van der Waals surface area (Å²) < 4.78 is 7.49. The van der Waals surface area contributed by atoms with Crippen molar-refractivity contribution in [1.82, 2.24) is 14.5 Å². The predicted molar refractivity (Wildman–Crippen MR) is 66.7 cm³/mol. The van der Waals surface area contributed by atoms with Crippen molar-refractivity contribution in [3.63, 3.8) is 0 Å². The lowest BCUT2D eigenvalue weighted by Crippen LogP contribution is -2.37. The molecule has 2 rings (SSSR count). The normalized spacial score (nSPS) is 19.4. The topological polar surface area (TPSA) is 56.3 Å². The SMILES string of the molecule is CC(N)c1cncn1CCCN1CCOCC1. The van der Waals surface area contributed by atoms with Gasteiger partial charge in [-0.25, -0.2) is 4.98 Å². The van der Waals surface area contributed by atoms with Gasteiger partial charge in [-0.3, -0.25) is 4.90 Å². The third-order valence-electron chi connectivity index (χ3n) is 3.19. The van der Waals surface area contributed by atoms with E-state index < -0.39 is 0 Å². The van der Waals surface area contributed by atoms with Crippen molar-refractivity contribution in [1.29, 1.82) is 0 Å². The van der Waals surface area contributed by atoms with Crippen molar-refractivity contribution in [3.8, 4) is 0 Å². The largest absolute Gasteiger partial charge is 0.379 e. The summed E-state index contributed by atoms with van der Waals surface area (Å²) in [7, 11) is 0. The molecule has 0 radical (unpaired) electrons. The first-order chi connectivity index (χ1) is 8.27. The fourth-order valence-corrected chi connectivity index (χ4v) is 2.19. The van der Waals surface area contributed by atoms with Crippen molar-refractivity contribution < 1.29 is 4.74 Å². The van der Waals surface area contributed by atoms with Crippen LogP contribution in [-0.4, -0.2) is 47.3 Å². The second-order valence-electron chi connectivity index (χ2n) is 4.61. The first-order valence-corrected chi connectivity index (χ1v) is 6.33. The maximum absolute atomic E-state index is 5.89. The van der Waals surface area contributed by atoms with E-state index in [0.717, 1.165) is 51.5 Å². The minimum atomic E-state index is 0.0564. The molecule has 1 aliphatic heterocycles. The Balaban J connectivity index is 1.75. The summed E-state index contributed by atoms with van der Waals surface area (Å²) in [4.78, 5) is 6.61. The molecule has 1 aromatic rings. The van der Waals surface area contributed by atoms with Crippen LogP contribution in [0.5, 0.6) is 0 Å². The maximum atomic E-state index is 5.89. The Kier molecular flexibility index (Phi) is 4.53. The average molecular weight is 238 g/mol. The summed E-state index contributed by atoms with van der Waals surface area (Å²) in [5, 5.41) is 0. The zero-order valence-corrected chi connectivity index (χ0v) is 10.5. The number of hydrogen-bond acceptors (Lipinski definition) is 4. The minimum Gasteiger partial charge on any atom is -0.379 e. The number of imidazole rings is 1. The Morgan fingerprint density at radius 2 is 2.18 bits per heavy atom. The van der Waals surface area contributed by atoms with Gasteiger partial charge in [0.2, 0.25) is 0 Å². The van der Waals surface area contributed by atoms with Crippen LogP contribution in [0.3, 0.4) is 0 Å². The molecule has 1 unspecified atom stereocenters. The number of hydrogen-bond donors (Lipinski definition) is 1. The lowest BCUT2D eigenvalue weighted by Gasteiger charge is -2.26. The van der Waals surface area contributed by atoms with E-state index in [9.17, 15) is 0 Å². The zero-order chi connectivity index (χ0) is 12.1. The highest BCUT2D eigenvalue weighted by molar-refractivity contribution is 5.02. The molecule has 0 aliphatic carbocycles. The first kappa shape index (κ1) is 12.5. The van der Waals surface area contributed by atoms with Crippen molar-refractivity contribution >= 4 is 0 Å². The number of rotatable bonds is 5. The van der Waals surface area contributed by atoms with Gasteiger partial charge in [0.05, 0.1) is 25.2 Å². The van der Waals surface area contributed by atoms with E-state index in [1.807, 2.05) is 19.4 Å². The van der Waals surface area contributed by atoms with Gasteiger partial charge in [0, 0.05) is 38.4 Å². The molecule has 0 bridgehead atoms. The van der Waals surface area contributed by atoms with Gasteiger partial charge in [-0.15, -0.1) is 0 Å². The van der Waals surface area contributed by atoms with Crippen LogP contribution < -0.4 is 5.73 Å². The quantitative estimate of drug-likeness (QED) is 0.817. The molecule has 96 valence electrons. The summed E-state index contributed by atoms with van der Waals surface area (Å²) in [5.41, 5.74) is 7.00. The maximum Gasteiger partial charge on any atom is 0.0948 e. The predicted octanol–water partition coefficient (Wildman–Crippen LogP) is 0.625. The van der Waals surface area contributed by atoms with Crippen LogP contribution in [-0.2, 0) is 11.3 Å². The molecule has 5 nitrogen and oxygen atoms in total. The molecule has 17 heavy (non-hydrogen) atoms. The lowest BCUT2D eigenvalue weighted by atomic mass is 10.2. The molecular weight excluding hydrogens is 216 g/mol. The van der Waals surface area contributed by atoms with E-state index in [4.69, 9.17) is 10.5 Å². The van der Waals surface area contributed by atoms with Crippen LogP contribution in [0.1, 0.15) is 25.1 Å². The molecule has 1 fully saturated rings. The molecular formula is C12H22N4O. The Morgan fingerprint density at radius 3 is 2.88 bits per heavy atom. The second kappa shape index (κ2) is 6.14. The van der Waals surface area contributed by atoms with E-state index in [-0.39, 0.29) is 6.04 Å². The number of morpholine rings is 1. The van der Waals surface area contributed by atoms with Crippen molar-refractivity contribution in [2.24, 2.45) is 5.73 Å². The Hall–Kier alpha value is -0.910. The summed E-state index contributed by atoms with van der Waals surface area (Å²) in [6.07, 6.45) is 4.87. The van der Waals surface area contributed by atoms with Crippen molar-refractivity contribution in [3.05, 3.63) is 18.2 Å². The van der Waals surface area contributed by atoms with E-state index in [2.05, 4.69) is 14.5 Å². The highest BCUT2D eigenvalue weighted by atomic mass is 16.5. The third kappa shape index (κ3) is 3.52. The highest BCUT2D eigenvalue weighted by Crippen LogP contribution is 2.09. The molecule has 0 spiro atoms. The summed E-state index contributed by atoms with van der Waals surface area (Å²) in [6, 6.07) is 0.0564. The van der Waals surface area contributed by atoms with E-state index >= 15 is 0 Å². The highest BCUT2D eigenvalue weighted by Gasteiger charge is 2.10. The number of ether oxygens (including phenoxy) is 1. The smallest absolute Gasteiger partial charge is 0.0948 e. The van der Waals surface area contributed by atoms with E-state index in [1.165, 1.54) is 0 Å². The molecule has 0 aromatic carbocycles. The molecule has 2 heterocycles. The van der Waals surface area contributed by atoms with Gasteiger partial charge >= 0.3 is 0 Å². The van der Waals surface area contributed by atoms with Gasteiger partial charge in [-0.2, -0.15) is 0 Å². The fourth-order valence-electron chi connectivity index (χ4n) is 2.19. The minimum absolute atomic E-state index is 0.0564. The fraction of sp³-hybridized carbons (Fsp3) is 0.750. The third-order valence-corrected chi connectivity index (χ3v) is 3.19. The standard InChI is InChI=1S/C12H22N4O/c1-11(13)12-9-14-10-16(12)4-2-3-15-5-7-17-8-6-15/h9-11H,2-8,13H2,1H3. The Bertz CT molecular complexity index is 331. The lowest BCUT2D eigenvalue weighted by molar-refractivity contribution is 0.0369. The molecule has 0 saturated carbocycles. The van der Waals surface area contributed by atoms with Gasteiger partial charge in [0.15, 0.2) is 0 Å². The molecule has 1 aliphatic rings. The molecule has 5 heteroatoms. The summed E-state index contributed by atoms with van der Waals surface area (Å²) in [6.45, 7) is 7.98. The van der Waals surface area contributed by atoms with Crippen LogP contribution >= 0.6 is 0 Å². The zero-order valence-electron chi connectivity index (χ0n) is 10.5. The van der Waals surface area contributed by atoms with Gasteiger partial charge in [-0.05, 0) is 13.3 Å². The summed E-state index contributed by atoms with van der Waals surface area (Å²) in [5.74, 6) is 0. The van der Waals surface area contributed by atoms with E-state index in [1.54, 1.807) is 0 Å². The Labute approximate surface area is 103 Å². The Morgan fingerprint density at radius 1 is 1.41 bits per heavy atom. The number of nitrogens with two attached hydrogens (primary N) is 1. The number of aryl methyl sites for hydroxylation is 1. The molecule has 1 aromatic heterocycles. The number of aromatic nitrogens is 2. The van der Waals surface area contributed by atoms with E-state index in [0.29, 0.717) is 0 Å². The van der Waals surface area contributed by atoms with Crippen LogP contribution in [0.4, 0.5) is 0 Å². The average Bonchev–Trinajstić information content (AvgIpc) is 2.79. The second-order valence-corrected chi connectivity index (χ2v) is 4.61. The summed E-state index contributed by atoms with van der Waals surface area (Å²) >= 11 is 0. The molecule has 2 N–H and O–H groups in total. The van der Waals surface area contributed by atoms with Crippen LogP contribution in [0.15, 0.2) is 12.5 Å².